The number of nitrogens with one attached hydrogen (secondary N) is 1. The van der Waals surface area contributed by atoms with Gasteiger partial charge >= 0.3 is 0 Å². The second kappa shape index (κ2) is 7.49. The van der Waals surface area contributed by atoms with E-state index in [0.717, 1.165) is 57.0 Å². The molecule has 5 heteroatoms. The fourth-order valence-electron chi connectivity index (χ4n) is 6.90. The van der Waals surface area contributed by atoms with Crippen molar-refractivity contribution in [3.05, 3.63) is 22.4 Å². The quantitative estimate of drug-likeness (QED) is 0.805. The summed E-state index contributed by atoms with van der Waals surface area (Å²) in [5.74, 6) is 3.02. The summed E-state index contributed by atoms with van der Waals surface area (Å²) >= 11 is 1.80. The Morgan fingerprint density at radius 2 is 1.85 bits per heavy atom. The lowest BCUT2D eigenvalue weighted by Gasteiger charge is -2.56. The molecule has 0 spiro atoms. The number of nitrogens with zero attached hydrogens (tertiary/aromatic N) is 1. The summed E-state index contributed by atoms with van der Waals surface area (Å²) in [6.45, 7) is 4.22. The molecule has 1 amide bonds. The van der Waals surface area contributed by atoms with E-state index >= 15 is 0 Å². The van der Waals surface area contributed by atoms with Crippen LogP contribution >= 0.6 is 11.3 Å². The number of carbonyl (C=O) groups is 1. The van der Waals surface area contributed by atoms with E-state index in [1.54, 1.807) is 11.3 Å². The minimum atomic E-state index is 0.284. The first kappa shape index (κ1) is 18.1. The van der Waals surface area contributed by atoms with Gasteiger partial charge in [0.25, 0.3) is 0 Å². The van der Waals surface area contributed by atoms with E-state index in [2.05, 4.69) is 27.7 Å². The fraction of sp³-hybridized carbons (Fsp3) is 0.773. The summed E-state index contributed by atoms with van der Waals surface area (Å²) in [6, 6.07) is 4.61. The van der Waals surface area contributed by atoms with Crippen molar-refractivity contribution in [1.82, 2.24) is 10.2 Å². The van der Waals surface area contributed by atoms with E-state index in [9.17, 15) is 4.79 Å². The molecule has 1 atom stereocenters. The lowest BCUT2D eigenvalue weighted by Crippen LogP contribution is -2.49. The minimum Gasteiger partial charge on any atom is -0.379 e. The summed E-state index contributed by atoms with van der Waals surface area (Å²) in [6.07, 6.45) is 9.02. The van der Waals surface area contributed by atoms with Gasteiger partial charge in [0.1, 0.15) is 0 Å². The Hall–Kier alpha value is -0.910. The van der Waals surface area contributed by atoms with Crippen LogP contribution in [0.25, 0.3) is 0 Å². The Bertz CT molecular complexity index is 618. The van der Waals surface area contributed by atoms with Crippen LogP contribution in [0.15, 0.2) is 17.5 Å². The van der Waals surface area contributed by atoms with Gasteiger partial charge in [-0.15, -0.1) is 11.3 Å². The van der Waals surface area contributed by atoms with E-state index in [1.807, 2.05) is 0 Å². The third-order valence-corrected chi connectivity index (χ3v) is 8.52. The molecule has 5 aliphatic rings. The molecular weight excluding hydrogens is 356 g/mol. The van der Waals surface area contributed by atoms with Crippen LogP contribution in [-0.2, 0) is 9.53 Å². The van der Waals surface area contributed by atoms with Crippen LogP contribution in [0.5, 0.6) is 0 Å². The van der Waals surface area contributed by atoms with Crippen LogP contribution in [0.2, 0.25) is 0 Å². The third kappa shape index (κ3) is 3.83. The van der Waals surface area contributed by atoms with Crippen molar-refractivity contribution >= 4 is 17.2 Å². The molecular formula is C22H32N2O2S. The number of carbonyl (C=O) groups excluding carboxylic acids is 1. The highest BCUT2D eigenvalue weighted by Gasteiger charge is 2.51. The number of rotatable bonds is 6. The predicted octanol–water partition coefficient (Wildman–Crippen LogP) is 3.84. The van der Waals surface area contributed by atoms with Gasteiger partial charge in [-0.2, -0.15) is 0 Å². The number of amides is 1. The van der Waals surface area contributed by atoms with E-state index < -0.39 is 0 Å². The van der Waals surface area contributed by atoms with Gasteiger partial charge in [0, 0.05) is 30.9 Å². The first-order chi connectivity index (χ1) is 13.2. The molecule has 1 aromatic rings. The zero-order chi connectivity index (χ0) is 18.3. The van der Waals surface area contributed by atoms with Crippen LogP contribution < -0.4 is 5.32 Å². The monoisotopic (exact) mass is 388 g/mol. The molecule has 2 heterocycles. The maximum atomic E-state index is 12.9. The normalized spacial score (nSPS) is 36.7. The van der Waals surface area contributed by atoms with Gasteiger partial charge in [-0.1, -0.05) is 6.07 Å². The zero-order valence-corrected chi connectivity index (χ0v) is 17.0. The molecule has 27 heavy (non-hydrogen) atoms. The largest absolute Gasteiger partial charge is 0.379 e. The topological polar surface area (TPSA) is 41.6 Å². The summed E-state index contributed by atoms with van der Waals surface area (Å²) in [7, 11) is 0. The first-order valence-corrected chi connectivity index (χ1v) is 11.7. The highest BCUT2D eigenvalue weighted by atomic mass is 32.1. The van der Waals surface area contributed by atoms with Gasteiger partial charge in [0.2, 0.25) is 5.91 Å². The van der Waals surface area contributed by atoms with Crippen LogP contribution in [0.4, 0.5) is 0 Å². The molecule has 0 aromatic carbocycles. The van der Waals surface area contributed by atoms with Crippen molar-refractivity contribution in [1.29, 1.82) is 0 Å². The maximum absolute atomic E-state index is 12.9. The van der Waals surface area contributed by atoms with Crippen LogP contribution in [-0.4, -0.2) is 43.7 Å². The molecule has 1 saturated heterocycles. The summed E-state index contributed by atoms with van der Waals surface area (Å²) < 4.78 is 5.53. The predicted molar refractivity (Wildman–Crippen MR) is 108 cm³/mol. The minimum absolute atomic E-state index is 0.284. The smallest absolute Gasteiger partial charge is 0.220 e. The summed E-state index contributed by atoms with van der Waals surface area (Å²) in [4.78, 5) is 16.8. The molecule has 1 unspecified atom stereocenters. The molecule has 4 nitrogen and oxygen atoms in total. The molecule has 1 aliphatic heterocycles. The van der Waals surface area contributed by atoms with Crippen molar-refractivity contribution < 1.29 is 9.53 Å². The average Bonchev–Trinajstić information content (AvgIpc) is 3.15. The maximum Gasteiger partial charge on any atom is 0.220 e. The number of ether oxygens (including phenoxy) is 1. The van der Waals surface area contributed by atoms with Gasteiger partial charge < -0.3 is 10.1 Å². The van der Waals surface area contributed by atoms with E-state index in [1.165, 1.54) is 43.4 Å². The zero-order valence-electron chi connectivity index (χ0n) is 16.2. The van der Waals surface area contributed by atoms with Crippen LogP contribution in [0, 0.1) is 23.2 Å². The second-order valence-electron chi connectivity index (χ2n) is 9.58. The van der Waals surface area contributed by atoms with Gasteiger partial charge in [-0.05, 0) is 73.1 Å². The molecule has 0 radical (unpaired) electrons. The second-order valence-corrected chi connectivity index (χ2v) is 10.6. The lowest BCUT2D eigenvalue weighted by molar-refractivity contribution is -0.129. The van der Waals surface area contributed by atoms with Crippen LogP contribution in [0.1, 0.15) is 55.9 Å². The third-order valence-electron chi connectivity index (χ3n) is 7.55. The highest BCUT2D eigenvalue weighted by Crippen LogP contribution is 2.61. The Morgan fingerprint density at radius 1 is 1.19 bits per heavy atom. The Balaban J connectivity index is 1.21. The van der Waals surface area contributed by atoms with Crippen molar-refractivity contribution in [2.45, 2.75) is 51.0 Å². The fourth-order valence-corrected chi connectivity index (χ4v) is 7.76. The van der Waals surface area contributed by atoms with Crippen LogP contribution in [0.3, 0.4) is 0 Å². The van der Waals surface area contributed by atoms with E-state index in [-0.39, 0.29) is 11.9 Å². The molecule has 4 saturated carbocycles. The molecule has 148 valence electrons. The van der Waals surface area contributed by atoms with Gasteiger partial charge in [-0.25, -0.2) is 0 Å². The molecule has 4 aliphatic carbocycles. The first-order valence-electron chi connectivity index (χ1n) is 10.8. The molecule has 4 bridgehead atoms. The Labute approximate surface area is 166 Å². The average molecular weight is 389 g/mol. The Morgan fingerprint density at radius 3 is 2.44 bits per heavy atom. The van der Waals surface area contributed by atoms with Crippen molar-refractivity contribution in [3.63, 3.8) is 0 Å². The Kier molecular flexibility index (Phi) is 5.03. The summed E-state index contributed by atoms with van der Waals surface area (Å²) in [5, 5.41) is 5.47. The molecule has 1 N–H and O–H groups in total. The number of hydrogen-bond acceptors (Lipinski definition) is 4. The number of morpholine rings is 1. The SMILES string of the molecule is O=C(CC12CC3CC(CC(C3)C1)C2)NCC(c1cccs1)N1CCOCC1. The number of thiophene rings is 1. The van der Waals surface area contributed by atoms with E-state index in [0.29, 0.717) is 5.41 Å². The summed E-state index contributed by atoms with van der Waals surface area (Å²) in [5.41, 5.74) is 0.330. The molecule has 5 fully saturated rings. The van der Waals surface area contributed by atoms with Crippen molar-refractivity contribution in [2.75, 3.05) is 32.8 Å². The molecule has 1 aromatic heterocycles. The van der Waals surface area contributed by atoms with E-state index in [4.69, 9.17) is 4.74 Å². The lowest BCUT2D eigenvalue weighted by atomic mass is 9.49. The number of hydrogen-bond donors (Lipinski definition) is 1. The van der Waals surface area contributed by atoms with Crippen molar-refractivity contribution in [3.8, 4) is 0 Å². The highest BCUT2D eigenvalue weighted by molar-refractivity contribution is 7.10. The van der Waals surface area contributed by atoms with Gasteiger partial charge in [0.15, 0.2) is 0 Å². The van der Waals surface area contributed by atoms with Gasteiger partial charge in [-0.3, -0.25) is 9.69 Å². The molecule has 6 rings (SSSR count). The standard InChI is InChI=1S/C22H32N2O2S/c25-21(14-22-11-16-8-17(12-22)10-18(9-16)13-22)23-15-19(20-2-1-7-27-20)24-3-5-26-6-4-24/h1-2,7,16-19H,3-6,8-15H2,(H,23,25). The van der Waals surface area contributed by atoms with Gasteiger partial charge in [0.05, 0.1) is 19.3 Å². The van der Waals surface area contributed by atoms with Crippen molar-refractivity contribution in [2.24, 2.45) is 23.2 Å².